The Bertz CT molecular complexity index is 1180. The molecule has 3 aliphatic rings. The summed E-state index contributed by atoms with van der Waals surface area (Å²) in [5, 5.41) is 54.7. The average molecular weight is 442 g/mol. The zero-order chi connectivity index (χ0) is 23.9. The van der Waals surface area contributed by atoms with E-state index in [1.54, 1.807) is 0 Å². The molecular weight excluding hydrogens is 420 g/mol. The number of fused-ring (bicyclic) bond motifs is 3. The molecule has 0 bridgehead atoms. The molecule has 0 heterocycles. The van der Waals surface area contributed by atoms with Crippen LogP contribution in [0.2, 0.25) is 0 Å². The van der Waals surface area contributed by atoms with Gasteiger partial charge in [0.25, 0.3) is 5.91 Å². The van der Waals surface area contributed by atoms with Crippen molar-refractivity contribution < 1.29 is 39.9 Å². The van der Waals surface area contributed by atoms with Gasteiger partial charge in [0, 0.05) is 5.92 Å². The molecule has 32 heavy (non-hydrogen) atoms. The Morgan fingerprint density at radius 1 is 1.19 bits per heavy atom. The molecular formula is C22H22N2O8. The highest BCUT2D eigenvalue weighted by Gasteiger charge is 2.68. The molecule has 1 amide bonds. The van der Waals surface area contributed by atoms with Crippen molar-refractivity contribution in [2.75, 3.05) is 14.1 Å². The predicted octanol–water partition coefficient (Wildman–Crippen LogP) is -0.594. The Kier molecular flexibility index (Phi) is 4.60. The number of rotatable bonds is 2. The second kappa shape index (κ2) is 6.76. The van der Waals surface area contributed by atoms with E-state index >= 15 is 0 Å². The number of aliphatic hydroxyl groups excluding tert-OH is 3. The number of nitrogens with two attached hydrogens (primary N) is 1. The number of phenolic OH excluding ortho intramolecular Hbond substituents is 1. The molecule has 0 aromatic heterocycles. The molecule has 4 rings (SSSR count). The first-order valence-electron chi connectivity index (χ1n) is 9.71. The maximum atomic E-state index is 13.6. The number of benzene rings is 1. The molecule has 1 fully saturated rings. The quantitative estimate of drug-likeness (QED) is 0.326. The lowest BCUT2D eigenvalue weighted by Crippen LogP contribution is -2.70. The van der Waals surface area contributed by atoms with Crippen LogP contribution in [0.5, 0.6) is 5.75 Å². The molecule has 1 aromatic rings. The fourth-order valence-corrected chi connectivity index (χ4v) is 5.21. The van der Waals surface area contributed by atoms with E-state index in [0.717, 1.165) is 0 Å². The van der Waals surface area contributed by atoms with Crippen LogP contribution in [0, 0.1) is 11.8 Å². The molecule has 5 atom stereocenters. The van der Waals surface area contributed by atoms with Crippen molar-refractivity contribution in [2.24, 2.45) is 17.6 Å². The second-order valence-electron chi connectivity index (χ2n) is 8.44. The number of nitrogens with zero attached hydrogens (tertiary/aromatic N) is 1. The maximum absolute atomic E-state index is 13.6. The number of ketones is 2. The molecule has 7 N–H and O–H groups in total. The van der Waals surface area contributed by atoms with Crippen LogP contribution < -0.4 is 5.73 Å². The predicted molar refractivity (Wildman–Crippen MR) is 111 cm³/mol. The van der Waals surface area contributed by atoms with Crippen molar-refractivity contribution in [1.29, 1.82) is 0 Å². The third-order valence-corrected chi connectivity index (χ3v) is 6.61. The molecule has 10 nitrogen and oxygen atoms in total. The second-order valence-corrected chi connectivity index (χ2v) is 8.44. The summed E-state index contributed by atoms with van der Waals surface area (Å²) >= 11 is 0. The van der Waals surface area contributed by atoms with Crippen molar-refractivity contribution in [2.45, 2.75) is 17.7 Å². The molecule has 1 aromatic carbocycles. The summed E-state index contributed by atoms with van der Waals surface area (Å²) < 4.78 is 0. The van der Waals surface area contributed by atoms with Gasteiger partial charge in [-0.25, -0.2) is 0 Å². The number of primary amides is 1. The van der Waals surface area contributed by atoms with Gasteiger partial charge >= 0.3 is 0 Å². The van der Waals surface area contributed by atoms with E-state index in [0.29, 0.717) is 0 Å². The Hall–Kier alpha value is -3.47. The van der Waals surface area contributed by atoms with Gasteiger partial charge < -0.3 is 31.3 Å². The molecule has 0 saturated heterocycles. The number of phenols is 1. The third kappa shape index (κ3) is 2.42. The largest absolute Gasteiger partial charge is 0.508 e. The summed E-state index contributed by atoms with van der Waals surface area (Å²) in [5.41, 5.74) is 1.16. The van der Waals surface area contributed by atoms with Gasteiger partial charge in [-0.15, -0.1) is 0 Å². The Labute approximate surface area is 182 Å². The fraction of sp³-hybridized carbons (Fsp3) is 0.318. The minimum Gasteiger partial charge on any atom is -0.508 e. The van der Waals surface area contributed by atoms with Crippen LogP contribution in [0.1, 0.15) is 11.1 Å². The van der Waals surface area contributed by atoms with E-state index in [1.807, 2.05) is 0 Å². The van der Waals surface area contributed by atoms with Crippen molar-refractivity contribution in [3.05, 3.63) is 52.8 Å². The molecule has 1 saturated carbocycles. The van der Waals surface area contributed by atoms with E-state index < -0.39 is 69.7 Å². The van der Waals surface area contributed by atoms with E-state index in [4.69, 9.17) is 5.73 Å². The number of amides is 1. The van der Waals surface area contributed by atoms with Crippen LogP contribution in [-0.2, 0) is 14.4 Å². The van der Waals surface area contributed by atoms with Gasteiger partial charge in [-0.05, 0) is 31.3 Å². The Morgan fingerprint density at radius 3 is 2.38 bits per heavy atom. The van der Waals surface area contributed by atoms with Crippen LogP contribution in [-0.4, -0.2) is 79.7 Å². The molecule has 168 valence electrons. The van der Waals surface area contributed by atoms with E-state index in [9.17, 15) is 39.9 Å². The number of likely N-dealkylation sites (N-methyl/N-ethyl adjacent to an activating group) is 1. The summed E-state index contributed by atoms with van der Waals surface area (Å²) in [6, 6.07) is 2.89. The van der Waals surface area contributed by atoms with Crippen LogP contribution in [0.4, 0.5) is 0 Å². The van der Waals surface area contributed by atoms with Gasteiger partial charge in [-0.1, -0.05) is 18.7 Å². The standard InChI is InChI=1S/C22H22N2O8/c1-7-8-5-4-6-9(25)11(8)16(26)12-10(7)17(27)14-15(24(2)3)18(28)13(21(23)31)20(30)22(14,32)19(12)29/h4-6,10,14-15,17,25-27,30,32H,1H2,2-3H3,(H2,23,31)/t10-,14+,15+,17-,22-/m0/s1. The van der Waals surface area contributed by atoms with Crippen molar-refractivity contribution in [1.82, 2.24) is 4.90 Å². The van der Waals surface area contributed by atoms with Crippen LogP contribution in [0.25, 0.3) is 11.3 Å². The number of carbonyl (C=O) groups is 3. The van der Waals surface area contributed by atoms with E-state index in [2.05, 4.69) is 6.58 Å². The number of Topliss-reactive ketones (excluding diaryl/α,β-unsaturated/α-hetero) is 2. The first-order valence-corrected chi connectivity index (χ1v) is 9.71. The summed E-state index contributed by atoms with van der Waals surface area (Å²) in [5.74, 6) is -8.78. The van der Waals surface area contributed by atoms with Crippen LogP contribution >= 0.6 is 0 Å². The maximum Gasteiger partial charge on any atom is 0.255 e. The molecule has 0 radical (unpaired) electrons. The van der Waals surface area contributed by atoms with Gasteiger partial charge in [-0.2, -0.15) is 0 Å². The summed E-state index contributed by atoms with van der Waals surface area (Å²) in [7, 11) is 2.88. The topological polar surface area (TPSA) is 182 Å². The monoisotopic (exact) mass is 442 g/mol. The molecule has 0 unspecified atom stereocenters. The number of hydrogen-bond donors (Lipinski definition) is 6. The highest BCUT2D eigenvalue weighted by Crippen LogP contribution is 2.55. The molecule has 10 heteroatoms. The number of carbonyl (C=O) groups excluding carboxylic acids is 3. The van der Waals surface area contributed by atoms with Gasteiger partial charge in [-0.3, -0.25) is 19.3 Å². The van der Waals surface area contributed by atoms with Gasteiger partial charge in [0.2, 0.25) is 5.78 Å². The number of aliphatic hydroxyl groups is 4. The SMILES string of the molecule is C=C1c2cccc(O)c2C(O)=C2C(=O)[C@]3(O)C(O)=C(C(N)=O)C(=O)[C@H](N(C)C)[C@@H]3[C@@H](O)[C@@H]12. The smallest absolute Gasteiger partial charge is 0.255 e. The average Bonchev–Trinajstić information content (AvgIpc) is 2.70. The minimum absolute atomic E-state index is 0.124. The fourth-order valence-electron chi connectivity index (χ4n) is 5.21. The van der Waals surface area contributed by atoms with Crippen molar-refractivity contribution in [3.8, 4) is 5.75 Å². The summed E-state index contributed by atoms with van der Waals surface area (Å²) in [6.45, 7) is 3.91. The first kappa shape index (κ1) is 21.8. The molecule has 0 aliphatic heterocycles. The number of hydrogen-bond acceptors (Lipinski definition) is 9. The third-order valence-electron chi connectivity index (χ3n) is 6.61. The summed E-state index contributed by atoms with van der Waals surface area (Å²) in [6.07, 6.45) is -1.69. The zero-order valence-electron chi connectivity index (χ0n) is 17.2. The highest BCUT2D eigenvalue weighted by atomic mass is 16.4. The summed E-state index contributed by atoms with van der Waals surface area (Å²) in [4.78, 5) is 39.8. The lowest BCUT2D eigenvalue weighted by Gasteiger charge is -2.52. The van der Waals surface area contributed by atoms with Crippen LogP contribution in [0.3, 0.4) is 0 Å². The Balaban J connectivity index is 2.08. The first-order chi connectivity index (χ1) is 14.9. The lowest BCUT2D eigenvalue weighted by atomic mass is 9.55. The van der Waals surface area contributed by atoms with Gasteiger partial charge in [0.05, 0.1) is 29.2 Å². The lowest BCUT2D eigenvalue weighted by molar-refractivity contribution is -0.166. The van der Waals surface area contributed by atoms with Crippen LogP contribution in [0.15, 0.2) is 41.7 Å². The number of aromatic hydroxyl groups is 1. The normalized spacial score (nSPS) is 32.1. The molecule has 3 aliphatic carbocycles. The van der Waals surface area contributed by atoms with Crippen molar-refractivity contribution >= 4 is 28.8 Å². The zero-order valence-corrected chi connectivity index (χ0v) is 17.2. The van der Waals surface area contributed by atoms with Gasteiger partial charge in [0.1, 0.15) is 22.8 Å². The van der Waals surface area contributed by atoms with E-state index in [-0.39, 0.29) is 22.4 Å². The molecule has 0 spiro atoms. The van der Waals surface area contributed by atoms with Gasteiger partial charge in [0.15, 0.2) is 11.4 Å². The minimum atomic E-state index is -2.94. The Morgan fingerprint density at radius 2 is 1.81 bits per heavy atom. The van der Waals surface area contributed by atoms with Crippen molar-refractivity contribution in [3.63, 3.8) is 0 Å². The van der Waals surface area contributed by atoms with E-state index in [1.165, 1.54) is 37.2 Å². The highest BCUT2D eigenvalue weighted by molar-refractivity contribution is 6.25.